The summed E-state index contributed by atoms with van der Waals surface area (Å²) in [4.78, 5) is 0. The molecular weight excluding hydrogens is 478 g/mol. The molecule has 0 aliphatic carbocycles. The average Bonchev–Trinajstić information content (AvgIpc) is 3.24. The van der Waals surface area contributed by atoms with Gasteiger partial charge in [-0.05, 0) is 57.6 Å². The molecule has 7 aromatic rings. The summed E-state index contributed by atoms with van der Waals surface area (Å²) in [6, 6.07) is 43.9. The minimum atomic E-state index is 1.09. The monoisotopic (exact) mass is 497 g/mol. The van der Waals surface area contributed by atoms with Crippen LogP contribution in [0.15, 0.2) is 126 Å². The predicted octanol–water partition coefficient (Wildman–Crippen LogP) is 9.52. The van der Waals surface area contributed by atoms with Gasteiger partial charge in [0.25, 0.3) is 0 Å². The van der Waals surface area contributed by atoms with Crippen molar-refractivity contribution in [3.8, 4) is 16.8 Å². The summed E-state index contributed by atoms with van der Waals surface area (Å²) in [5.74, 6) is 0. The van der Waals surface area contributed by atoms with Gasteiger partial charge in [-0.3, -0.25) is 0 Å². The van der Waals surface area contributed by atoms with Gasteiger partial charge in [0.2, 0.25) is 0 Å². The Morgan fingerprint density at radius 3 is 2.03 bits per heavy atom. The van der Waals surface area contributed by atoms with Gasteiger partial charge in [0, 0.05) is 26.3 Å². The van der Waals surface area contributed by atoms with Crippen LogP contribution >= 0.6 is 15.9 Å². The SMILES string of the molecule is Brc1ccc(-c2cccc(-n3c4ccc5ccccc5c4c4ccc5ccccc5c43)c2)cc1. The van der Waals surface area contributed by atoms with Crippen molar-refractivity contribution >= 4 is 59.3 Å². The number of hydrogen-bond donors (Lipinski definition) is 0. The molecule has 0 radical (unpaired) electrons. The summed E-state index contributed by atoms with van der Waals surface area (Å²) in [6.07, 6.45) is 0. The van der Waals surface area contributed by atoms with Crippen LogP contribution in [-0.2, 0) is 0 Å². The summed E-state index contributed by atoms with van der Waals surface area (Å²) in [5.41, 5.74) is 6.09. The zero-order chi connectivity index (χ0) is 22.6. The molecule has 2 heteroatoms. The molecule has 0 saturated heterocycles. The number of rotatable bonds is 2. The van der Waals surface area contributed by atoms with Crippen LogP contribution in [0.3, 0.4) is 0 Å². The molecule has 0 fully saturated rings. The van der Waals surface area contributed by atoms with Gasteiger partial charge < -0.3 is 4.57 Å². The highest BCUT2D eigenvalue weighted by atomic mass is 79.9. The molecule has 0 bridgehead atoms. The highest BCUT2D eigenvalue weighted by Gasteiger charge is 2.17. The second-order valence-corrected chi connectivity index (χ2v) is 9.67. The number of halogens is 1. The lowest BCUT2D eigenvalue weighted by molar-refractivity contribution is 1.19. The van der Waals surface area contributed by atoms with E-state index in [1.165, 1.54) is 60.2 Å². The van der Waals surface area contributed by atoms with Gasteiger partial charge in [0.1, 0.15) is 0 Å². The van der Waals surface area contributed by atoms with Crippen LogP contribution in [-0.4, -0.2) is 4.57 Å². The first-order valence-corrected chi connectivity index (χ1v) is 12.3. The molecule has 0 aliphatic rings. The van der Waals surface area contributed by atoms with Crippen molar-refractivity contribution in [1.82, 2.24) is 4.57 Å². The van der Waals surface area contributed by atoms with Crippen LogP contribution in [0, 0.1) is 0 Å². The maximum absolute atomic E-state index is 3.56. The topological polar surface area (TPSA) is 4.93 Å². The molecule has 1 aromatic heterocycles. The van der Waals surface area contributed by atoms with Crippen LogP contribution in [0.5, 0.6) is 0 Å². The first-order chi connectivity index (χ1) is 16.8. The van der Waals surface area contributed by atoms with Gasteiger partial charge >= 0.3 is 0 Å². The van der Waals surface area contributed by atoms with Gasteiger partial charge in [0.05, 0.1) is 11.0 Å². The fraction of sp³-hybridized carbons (Fsp3) is 0. The first-order valence-electron chi connectivity index (χ1n) is 11.5. The third-order valence-electron chi connectivity index (χ3n) is 6.82. The standard InChI is InChI=1S/C32H20BrN/c33-25-16-12-21(13-17-25)24-8-5-9-26(20-24)34-30-19-15-22-6-1-3-10-27(22)31(30)29-18-14-23-7-2-4-11-28(23)32(29)34/h1-20H. The number of fused-ring (bicyclic) bond motifs is 7. The van der Waals surface area contributed by atoms with Crippen molar-refractivity contribution in [1.29, 1.82) is 0 Å². The molecular formula is C32H20BrN. The van der Waals surface area contributed by atoms with Crippen LogP contribution in [0.2, 0.25) is 0 Å². The number of benzene rings is 6. The van der Waals surface area contributed by atoms with E-state index < -0.39 is 0 Å². The smallest absolute Gasteiger partial charge is 0.0619 e. The van der Waals surface area contributed by atoms with E-state index in [0.29, 0.717) is 0 Å². The number of aromatic nitrogens is 1. The van der Waals surface area contributed by atoms with E-state index in [9.17, 15) is 0 Å². The highest BCUT2D eigenvalue weighted by Crippen LogP contribution is 2.40. The van der Waals surface area contributed by atoms with Crippen LogP contribution in [0.4, 0.5) is 0 Å². The van der Waals surface area contributed by atoms with Gasteiger partial charge in [-0.15, -0.1) is 0 Å². The van der Waals surface area contributed by atoms with E-state index in [0.717, 1.165) is 4.47 Å². The molecule has 1 nitrogen and oxygen atoms in total. The lowest BCUT2D eigenvalue weighted by Gasteiger charge is -2.12. The Morgan fingerprint density at radius 2 is 1.21 bits per heavy atom. The number of hydrogen-bond acceptors (Lipinski definition) is 0. The summed E-state index contributed by atoms with van der Waals surface area (Å²) in [6.45, 7) is 0. The zero-order valence-corrected chi connectivity index (χ0v) is 20.0. The molecule has 1 heterocycles. The molecule has 0 atom stereocenters. The third kappa shape index (κ3) is 2.92. The normalized spacial score (nSPS) is 11.7. The van der Waals surface area contributed by atoms with Gasteiger partial charge in [-0.2, -0.15) is 0 Å². The molecule has 0 saturated carbocycles. The third-order valence-corrected chi connectivity index (χ3v) is 7.35. The highest BCUT2D eigenvalue weighted by molar-refractivity contribution is 9.10. The van der Waals surface area contributed by atoms with Crippen molar-refractivity contribution in [3.63, 3.8) is 0 Å². The Balaban J connectivity index is 1.63. The molecule has 6 aromatic carbocycles. The van der Waals surface area contributed by atoms with Crippen molar-refractivity contribution in [2.75, 3.05) is 0 Å². The summed E-state index contributed by atoms with van der Waals surface area (Å²) in [7, 11) is 0. The second-order valence-electron chi connectivity index (χ2n) is 8.76. The molecule has 0 aliphatic heterocycles. The summed E-state index contributed by atoms with van der Waals surface area (Å²) >= 11 is 3.56. The molecule has 7 rings (SSSR count). The molecule has 34 heavy (non-hydrogen) atoms. The summed E-state index contributed by atoms with van der Waals surface area (Å²) < 4.78 is 3.54. The zero-order valence-electron chi connectivity index (χ0n) is 18.4. The Bertz CT molecular complexity index is 1860. The van der Waals surface area contributed by atoms with Gasteiger partial charge in [-0.1, -0.05) is 107 Å². The minimum absolute atomic E-state index is 1.09. The lowest BCUT2D eigenvalue weighted by atomic mass is 10.0. The Kier molecular flexibility index (Phi) is 4.36. The fourth-order valence-corrected chi connectivity index (χ4v) is 5.55. The van der Waals surface area contributed by atoms with Crippen molar-refractivity contribution in [3.05, 3.63) is 126 Å². The maximum Gasteiger partial charge on any atom is 0.0619 e. The average molecular weight is 498 g/mol. The predicted molar refractivity (Wildman–Crippen MR) is 149 cm³/mol. The minimum Gasteiger partial charge on any atom is -0.309 e. The largest absolute Gasteiger partial charge is 0.309 e. The van der Waals surface area contributed by atoms with Crippen molar-refractivity contribution < 1.29 is 0 Å². The molecule has 0 amide bonds. The van der Waals surface area contributed by atoms with Crippen LogP contribution < -0.4 is 0 Å². The second kappa shape index (κ2) is 7.58. The Morgan fingerprint density at radius 1 is 0.500 bits per heavy atom. The van der Waals surface area contributed by atoms with E-state index in [-0.39, 0.29) is 0 Å². The molecule has 0 N–H and O–H groups in total. The number of nitrogens with zero attached hydrogens (tertiary/aromatic N) is 1. The van der Waals surface area contributed by atoms with Gasteiger partial charge in [-0.25, -0.2) is 0 Å². The summed E-state index contributed by atoms with van der Waals surface area (Å²) in [5, 5.41) is 7.70. The van der Waals surface area contributed by atoms with Crippen LogP contribution in [0.25, 0.3) is 60.2 Å². The van der Waals surface area contributed by atoms with Gasteiger partial charge in [0.15, 0.2) is 0 Å². The van der Waals surface area contributed by atoms with E-state index in [1.54, 1.807) is 0 Å². The molecule has 0 unspecified atom stereocenters. The van der Waals surface area contributed by atoms with E-state index in [1.807, 2.05) is 0 Å². The first kappa shape index (κ1) is 19.6. The molecule has 0 spiro atoms. The van der Waals surface area contributed by atoms with Crippen LogP contribution in [0.1, 0.15) is 0 Å². The Hall–Kier alpha value is -3.88. The van der Waals surface area contributed by atoms with E-state index in [2.05, 4.69) is 142 Å². The van der Waals surface area contributed by atoms with Crippen molar-refractivity contribution in [2.24, 2.45) is 0 Å². The maximum atomic E-state index is 3.56. The Labute approximate surface area is 206 Å². The van der Waals surface area contributed by atoms with Crippen molar-refractivity contribution in [2.45, 2.75) is 0 Å². The fourth-order valence-electron chi connectivity index (χ4n) is 5.28. The quantitative estimate of drug-likeness (QED) is 0.224. The molecule has 160 valence electrons. The van der Waals surface area contributed by atoms with E-state index in [4.69, 9.17) is 0 Å². The van der Waals surface area contributed by atoms with E-state index >= 15 is 0 Å². The lowest BCUT2D eigenvalue weighted by Crippen LogP contribution is -1.95.